The third kappa shape index (κ3) is 26.7. The van der Waals surface area contributed by atoms with Gasteiger partial charge in [-0.1, -0.05) is 0 Å². The molecule has 0 heterocycles. The molecule has 0 fully saturated rings. The zero-order valence-electron chi connectivity index (χ0n) is 19.1. The van der Waals surface area contributed by atoms with Crippen LogP contribution in [0.4, 0.5) is 0 Å². The number of rotatable bonds is 29. The Morgan fingerprint density at radius 3 is 1.43 bits per heavy atom. The maximum absolute atomic E-state index is 8.62. The molecule has 0 spiro atoms. The maximum Gasteiger partial charge on any atom is 0.117 e. The van der Waals surface area contributed by atoms with Crippen LogP contribution in [-0.2, 0) is 40.7 Å². The van der Waals surface area contributed by atoms with Crippen molar-refractivity contribution in [2.75, 3.05) is 91.7 Å². The largest absolute Gasteiger partial charge is 0.381 e. The molecule has 0 aliphatic heterocycles. The van der Waals surface area contributed by atoms with Crippen LogP contribution in [0.5, 0.6) is 0 Å². The summed E-state index contributed by atoms with van der Waals surface area (Å²) in [7, 11) is 0. The molecule has 35 heavy (non-hydrogen) atoms. The fraction of sp³-hybridized carbons (Fsp3) is 1.00. The molecule has 0 bridgehead atoms. The lowest BCUT2D eigenvalue weighted by molar-refractivity contribution is -0.0183. The van der Waals surface area contributed by atoms with Crippen LogP contribution in [0.1, 0.15) is 0 Å². The summed E-state index contributed by atoms with van der Waals surface area (Å²) in [4.78, 5) is 0. The highest BCUT2D eigenvalue weighted by molar-refractivity contribution is 14.1. The molecule has 0 saturated heterocycles. The Labute approximate surface area is 267 Å². The normalized spacial score (nSPS) is 14.3. The fourth-order valence-corrected chi connectivity index (χ4v) is 3.55. The second-order valence-electron chi connectivity index (χ2n) is 6.41. The SMILES string of the molecule is OCNCOCC(COCNCOCC(COCSCOCC(COCCOI)OI)OI)OI. The lowest BCUT2D eigenvalue weighted by atomic mass is 10.4. The molecular weight excluding hydrogens is 948 g/mol. The van der Waals surface area contributed by atoms with Crippen molar-refractivity contribution in [1.82, 2.24) is 10.6 Å². The highest BCUT2D eigenvalue weighted by Crippen LogP contribution is 2.07. The van der Waals surface area contributed by atoms with Crippen molar-refractivity contribution in [3.63, 3.8) is 0 Å². The van der Waals surface area contributed by atoms with E-state index < -0.39 is 0 Å². The Bertz CT molecular complexity index is 400. The summed E-state index contributed by atoms with van der Waals surface area (Å²) in [5, 5.41) is 14.3. The third-order valence-electron chi connectivity index (χ3n) is 3.56. The summed E-state index contributed by atoms with van der Waals surface area (Å²) in [6.07, 6.45) is -0.534. The van der Waals surface area contributed by atoms with Crippen molar-refractivity contribution >= 4 is 104 Å². The Balaban J connectivity index is 3.58. The standard InChI is InChI=1S/C17H34I4N2O11S/c18-31-2-1-25-3-15(32-19)7-29-13-35-14-30-8-17(34-21)6-28-12-23-11-27-5-16(33-20)4-26-10-22-9-24/h15-17,22-24H,1-14H2. The van der Waals surface area contributed by atoms with Crippen molar-refractivity contribution in [3.05, 3.63) is 0 Å². The first kappa shape index (κ1) is 37.8. The van der Waals surface area contributed by atoms with Crippen LogP contribution >= 0.6 is 104 Å². The molecule has 0 aromatic heterocycles. The van der Waals surface area contributed by atoms with Crippen LogP contribution in [-0.4, -0.2) is 115 Å². The molecule has 3 atom stereocenters. The van der Waals surface area contributed by atoms with E-state index in [0.717, 1.165) is 0 Å². The van der Waals surface area contributed by atoms with E-state index in [4.69, 9.17) is 45.8 Å². The number of thioether (sulfide) groups is 1. The summed E-state index contributed by atoms with van der Waals surface area (Å²) in [6, 6.07) is 0. The van der Waals surface area contributed by atoms with E-state index >= 15 is 0 Å². The number of aliphatic hydroxyl groups excluding tert-OH is 1. The third-order valence-corrected chi connectivity index (χ3v) is 6.83. The predicted molar refractivity (Wildman–Crippen MR) is 163 cm³/mol. The summed E-state index contributed by atoms with van der Waals surface area (Å²) in [5.41, 5.74) is 0. The Morgan fingerprint density at radius 2 is 1.00 bits per heavy atom. The van der Waals surface area contributed by atoms with Gasteiger partial charge in [-0.05, 0) is 0 Å². The van der Waals surface area contributed by atoms with Gasteiger partial charge in [0.25, 0.3) is 0 Å². The number of hydrogen-bond acceptors (Lipinski definition) is 14. The molecule has 18 heteroatoms. The Hall–Kier alpha value is 2.75. The second-order valence-corrected chi connectivity index (χ2v) is 9.43. The number of hydrogen-bond donors (Lipinski definition) is 3. The van der Waals surface area contributed by atoms with E-state index in [1.165, 1.54) is 11.8 Å². The first-order valence-electron chi connectivity index (χ1n) is 10.3. The van der Waals surface area contributed by atoms with Crippen molar-refractivity contribution in [2.45, 2.75) is 18.3 Å². The van der Waals surface area contributed by atoms with Gasteiger partial charge in [-0.2, -0.15) is 0 Å². The molecule has 0 aliphatic rings. The fourth-order valence-electron chi connectivity index (χ4n) is 1.99. The molecule has 0 aromatic rings. The van der Waals surface area contributed by atoms with E-state index in [1.54, 1.807) is 23.0 Å². The lowest BCUT2D eigenvalue weighted by Crippen LogP contribution is -2.30. The summed E-state index contributed by atoms with van der Waals surface area (Å²) < 4.78 is 53.6. The van der Waals surface area contributed by atoms with Gasteiger partial charge in [0.1, 0.15) is 110 Å². The smallest absolute Gasteiger partial charge is 0.117 e. The highest BCUT2D eigenvalue weighted by Gasteiger charge is 2.11. The van der Waals surface area contributed by atoms with Gasteiger partial charge >= 0.3 is 0 Å². The molecule has 3 unspecified atom stereocenters. The molecule has 13 nitrogen and oxygen atoms in total. The van der Waals surface area contributed by atoms with E-state index in [9.17, 15) is 0 Å². The Morgan fingerprint density at radius 1 is 0.571 bits per heavy atom. The monoisotopic (exact) mass is 982 g/mol. The number of halogens is 4. The summed E-state index contributed by atoms with van der Waals surface area (Å²) in [6.45, 7) is 4.15. The van der Waals surface area contributed by atoms with Crippen LogP contribution in [0.15, 0.2) is 0 Å². The van der Waals surface area contributed by atoms with Gasteiger partial charge in [-0.3, -0.25) is 10.6 Å². The zero-order chi connectivity index (χ0) is 25.8. The van der Waals surface area contributed by atoms with E-state index in [-0.39, 0.29) is 31.8 Å². The van der Waals surface area contributed by atoms with Crippen LogP contribution in [0.25, 0.3) is 0 Å². The predicted octanol–water partition coefficient (Wildman–Crippen LogP) is 2.31. The summed E-state index contributed by atoms with van der Waals surface area (Å²) >= 11 is 8.83. The topological polar surface area (TPSA) is 137 Å². The number of aliphatic hydroxyl groups is 1. The van der Waals surface area contributed by atoms with Gasteiger partial charge in [0, 0.05) is 0 Å². The minimum Gasteiger partial charge on any atom is -0.381 e. The number of ether oxygens (including phenoxy) is 6. The summed E-state index contributed by atoms with van der Waals surface area (Å²) in [5.74, 6) is 0.959. The average molecular weight is 982 g/mol. The van der Waals surface area contributed by atoms with Gasteiger partial charge in [-0.15, -0.1) is 11.8 Å². The average Bonchev–Trinajstić information content (AvgIpc) is 2.88. The maximum atomic E-state index is 8.62. The molecule has 0 saturated carbocycles. The van der Waals surface area contributed by atoms with Crippen LogP contribution in [0.3, 0.4) is 0 Å². The van der Waals surface area contributed by atoms with E-state index in [0.29, 0.717) is 78.2 Å². The van der Waals surface area contributed by atoms with Crippen molar-refractivity contribution in [3.8, 4) is 0 Å². The minimum absolute atomic E-state index is 0.130. The van der Waals surface area contributed by atoms with Gasteiger partial charge in [0.2, 0.25) is 0 Å². The first-order valence-corrected chi connectivity index (χ1v) is 15.0. The molecule has 212 valence electrons. The molecule has 0 rings (SSSR count). The highest BCUT2D eigenvalue weighted by atomic mass is 127. The molecular formula is C17H34I4N2O11S. The van der Waals surface area contributed by atoms with Gasteiger partial charge in [-0.25, -0.2) is 0 Å². The second kappa shape index (κ2) is 31.3. The van der Waals surface area contributed by atoms with Gasteiger partial charge in [0.15, 0.2) is 0 Å². The van der Waals surface area contributed by atoms with Crippen LogP contribution in [0, 0.1) is 0 Å². The minimum atomic E-state index is -0.211. The van der Waals surface area contributed by atoms with Crippen molar-refractivity contribution < 1.29 is 45.8 Å². The van der Waals surface area contributed by atoms with Crippen molar-refractivity contribution in [1.29, 1.82) is 0 Å². The Kier molecular flexibility index (Phi) is 33.7. The first-order chi connectivity index (χ1) is 17.2. The molecule has 3 N–H and O–H groups in total. The van der Waals surface area contributed by atoms with Gasteiger partial charge in [0.05, 0.1) is 91.7 Å². The van der Waals surface area contributed by atoms with Crippen LogP contribution < -0.4 is 10.6 Å². The quantitative estimate of drug-likeness (QED) is 0.0575. The lowest BCUT2D eigenvalue weighted by Gasteiger charge is -2.16. The number of nitrogens with one attached hydrogen (secondary N) is 2. The zero-order valence-corrected chi connectivity index (χ0v) is 28.5. The van der Waals surface area contributed by atoms with E-state index in [1.807, 2.05) is 69.0 Å². The van der Waals surface area contributed by atoms with Crippen molar-refractivity contribution in [2.24, 2.45) is 0 Å². The molecule has 0 aliphatic carbocycles. The van der Waals surface area contributed by atoms with Crippen LogP contribution in [0.2, 0.25) is 0 Å². The molecule has 0 radical (unpaired) electrons. The molecule has 0 amide bonds. The van der Waals surface area contributed by atoms with E-state index in [2.05, 4.69) is 10.6 Å². The van der Waals surface area contributed by atoms with Gasteiger partial charge < -0.3 is 45.8 Å². The molecule has 0 aromatic carbocycles.